The molecule has 0 aliphatic carbocycles. The molecule has 0 bridgehead atoms. The molecule has 1 N–H and O–H groups in total. The van der Waals surface area contributed by atoms with Crippen LogP contribution in [-0.4, -0.2) is 21.6 Å². The van der Waals surface area contributed by atoms with E-state index in [2.05, 4.69) is 17.3 Å². The zero-order chi connectivity index (χ0) is 21.8. The highest BCUT2D eigenvalue weighted by Crippen LogP contribution is 2.37. The van der Waals surface area contributed by atoms with Crippen LogP contribution in [0.3, 0.4) is 0 Å². The van der Waals surface area contributed by atoms with E-state index < -0.39 is 5.91 Å². The Morgan fingerprint density at radius 1 is 1.13 bits per heavy atom. The summed E-state index contributed by atoms with van der Waals surface area (Å²) >= 11 is 19.9. The van der Waals surface area contributed by atoms with Crippen molar-refractivity contribution in [1.29, 1.82) is 0 Å². The molecule has 2 aromatic heterocycles. The van der Waals surface area contributed by atoms with Crippen molar-refractivity contribution in [3.8, 4) is 16.3 Å². The number of thiophene rings is 1. The number of amides is 2. The van der Waals surface area contributed by atoms with E-state index in [4.69, 9.17) is 34.8 Å². The first-order chi connectivity index (χ1) is 14.3. The lowest BCUT2D eigenvalue weighted by atomic mass is 10.1. The van der Waals surface area contributed by atoms with Crippen molar-refractivity contribution >= 4 is 58.0 Å². The van der Waals surface area contributed by atoms with Gasteiger partial charge in [0.05, 0.1) is 25.6 Å². The normalized spacial score (nSPS) is 11.0. The Balaban J connectivity index is 2.02. The number of nitrogens with one attached hydrogen (secondary N) is 1. The number of unbranched alkanes of at least 4 members (excludes halogenated alkanes) is 2. The Labute approximate surface area is 193 Å². The van der Waals surface area contributed by atoms with Crippen LogP contribution in [0.1, 0.15) is 48.7 Å². The number of hydrogen-bond acceptors (Lipinski definition) is 4. The Bertz CT molecular complexity index is 1090. The van der Waals surface area contributed by atoms with Crippen LogP contribution in [0, 0.1) is 6.92 Å². The van der Waals surface area contributed by atoms with Gasteiger partial charge in [-0.1, -0.05) is 54.6 Å². The van der Waals surface area contributed by atoms with Crippen LogP contribution >= 0.6 is 46.1 Å². The van der Waals surface area contributed by atoms with Crippen molar-refractivity contribution in [3.05, 3.63) is 56.0 Å². The van der Waals surface area contributed by atoms with Crippen LogP contribution in [0.4, 0.5) is 0 Å². The number of nitrogens with zero attached hydrogens (tertiary/aromatic N) is 2. The molecule has 0 saturated carbocycles. The second-order valence-corrected chi connectivity index (χ2v) is 9.33. The third-order valence-electron chi connectivity index (χ3n) is 4.54. The third kappa shape index (κ3) is 5.06. The average molecular weight is 485 g/mol. The molecule has 1 aromatic carbocycles. The summed E-state index contributed by atoms with van der Waals surface area (Å²) < 4.78 is 2.20. The van der Waals surface area contributed by atoms with Gasteiger partial charge in [0.15, 0.2) is 5.69 Å². The Hall–Kier alpha value is -1.86. The van der Waals surface area contributed by atoms with Gasteiger partial charge in [-0.15, -0.1) is 11.3 Å². The van der Waals surface area contributed by atoms with E-state index in [9.17, 15) is 9.59 Å². The highest BCUT2D eigenvalue weighted by Gasteiger charge is 2.25. The molecule has 30 heavy (non-hydrogen) atoms. The highest BCUT2D eigenvalue weighted by atomic mass is 35.5. The smallest absolute Gasteiger partial charge is 0.278 e. The monoisotopic (exact) mass is 483 g/mol. The summed E-state index contributed by atoms with van der Waals surface area (Å²) in [6, 6.07) is 8.67. The van der Waals surface area contributed by atoms with E-state index >= 15 is 0 Å². The molecule has 0 fully saturated rings. The second kappa shape index (κ2) is 9.96. The quantitative estimate of drug-likeness (QED) is 0.379. The number of aromatic nitrogens is 2. The van der Waals surface area contributed by atoms with Gasteiger partial charge in [-0.25, -0.2) is 4.68 Å². The maximum atomic E-state index is 12.8. The van der Waals surface area contributed by atoms with E-state index in [0.717, 1.165) is 24.1 Å². The molecule has 9 heteroatoms. The minimum Gasteiger partial charge on any atom is -0.291 e. The minimum atomic E-state index is -0.540. The molecule has 0 unspecified atom stereocenters. The number of carbonyl (C=O) groups excluding carboxylic acids is 2. The van der Waals surface area contributed by atoms with Gasteiger partial charge < -0.3 is 0 Å². The van der Waals surface area contributed by atoms with Crippen molar-refractivity contribution in [1.82, 2.24) is 15.1 Å². The standard InChI is InChI=1S/C21H20Cl3N3O2S/c1-3-4-5-6-18(28)25-21(29)19-12(2)20(16-9-10-17(24)30-16)27(26-19)15-8-7-13(22)11-14(15)23/h7-11H,3-6H2,1-2H3,(H,25,28,29). The molecule has 158 valence electrons. The number of benzene rings is 1. The fraction of sp³-hybridized carbons (Fsp3) is 0.286. The molecule has 0 atom stereocenters. The van der Waals surface area contributed by atoms with Crippen molar-refractivity contribution in [2.24, 2.45) is 0 Å². The maximum absolute atomic E-state index is 12.8. The molecular weight excluding hydrogens is 465 g/mol. The van der Waals surface area contributed by atoms with Crippen LogP contribution in [0.5, 0.6) is 0 Å². The molecule has 0 aliphatic heterocycles. The van der Waals surface area contributed by atoms with Gasteiger partial charge in [0.1, 0.15) is 0 Å². The van der Waals surface area contributed by atoms with Crippen LogP contribution < -0.4 is 5.32 Å². The predicted molar refractivity (Wildman–Crippen MR) is 123 cm³/mol. The van der Waals surface area contributed by atoms with E-state index in [-0.39, 0.29) is 11.6 Å². The molecule has 2 heterocycles. The first-order valence-corrected chi connectivity index (χ1v) is 11.4. The molecule has 5 nitrogen and oxygen atoms in total. The van der Waals surface area contributed by atoms with Gasteiger partial charge in [-0.3, -0.25) is 14.9 Å². The van der Waals surface area contributed by atoms with Gasteiger partial charge in [-0.2, -0.15) is 5.10 Å². The Morgan fingerprint density at radius 3 is 2.53 bits per heavy atom. The molecule has 2 amide bonds. The first-order valence-electron chi connectivity index (χ1n) is 9.46. The third-order valence-corrected chi connectivity index (χ3v) is 6.32. The van der Waals surface area contributed by atoms with E-state index in [1.165, 1.54) is 11.3 Å². The molecule has 0 radical (unpaired) electrons. The molecular formula is C21H20Cl3N3O2S. The second-order valence-electron chi connectivity index (χ2n) is 6.77. The van der Waals surface area contributed by atoms with Crippen LogP contribution in [0.15, 0.2) is 30.3 Å². The van der Waals surface area contributed by atoms with Gasteiger partial charge in [0, 0.05) is 17.0 Å². The Kier molecular flexibility index (Phi) is 7.58. The summed E-state index contributed by atoms with van der Waals surface area (Å²) in [6.07, 6.45) is 2.98. The van der Waals surface area contributed by atoms with Crippen LogP contribution in [0.2, 0.25) is 14.4 Å². The van der Waals surface area contributed by atoms with Crippen molar-refractivity contribution < 1.29 is 9.59 Å². The maximum Gasteiger partial charge on any atom is 0.278 e. The number of rotatable bonds is 7. The topological polar surface area (TPSA) is 64.0 Å². The largest absolute Gasteiger partial charge is 0.291 e. The van der Waals surface area contributed by atoms with E-state index in [1.54, 1.807) is 35.9 Å². The number of imide groups is 1. The molecule has 0 aliphatic rings. The van der Waals surface area contributed by atoms with Crippen molar-refractivity contribution in [2.45, 2.75) is 39.5 Å². The van der Waals surface area contributed by atoms with Gasteiger partial charge in [0.25, 0.3) is 5.91 Å². The molecule has 3 rings (SSSR count). The lowest BCUT2D eigenvalue weighted by Gasteiger charge is -2.09. The summed E-state index contributed by atoms with van der Waals surface area (Å²) in [5.74, 6) is -0.852. The zero-order valence-corrected chi connectivity index (χ0v) is 19.6. The molecule has 3 aromatic rings. The first kappa shape index (κ1) is 22.8. The summed E-state index contributed by atoms with van der Waals surface area (Å²) in [4.78, 5) is 25.7. The summed E-state index contributed by atoms with van der Waals surface area (Å²) in [5.41, 5.74) is 2.03. The highest BCUT2D eigenvalue weighted by molar-refractivity contribution is 7.19. The fourth-order valence-corrected chi connectivity index (χ4v) is 4.67. The van der Waals surface area contributed by atoms with E-state index in [0.29, 0.717) is 37.7 Å². The van der Waals surface area contributed by atoms with E-state index in [1.807, 2.05) is 6.07 Å². The molecule has 0 saturated heterocycles. The summed E-state index contributed by atoms with van der Waals surface area (Å²) in [7, 11) is 0. The van der Waals surface area contributed by atoms with Gasteiger partial charge >= 0.3 is 0 Å². The van der Waals surface area contributed by atoms with Gasteiger partial charge in [0.2, 0.25) is 5.91 Å². The zero-order valence-electron chi connectivity index (χ0n) is 16.5. The van der Waals surface area contributed by atoms with Crippen LogP contribution in [-0.2, 0) is 4.79 Å². The summed E-state index contributed by atoms with van der Waals surface area (Å²) in [5, 5.41) is 7.81. The fourth-order valence-electron chi connectivity index (χ4n) is 3.05. The summed E-state index contributed by atoms with van der Waals surface area (Å²) in [6.45, 7) is 3.84. The van der Waals surface area contributed by atoms with Crippen LogP contribution in [0.25, 0.3) is 16.3 Å². The lowest BCUT2D eigenvalue weighted by Crippen LogP contribution is -2.31. The number of carbonyl (C=O) groups is 2. The minimum absolute atomic E-state index is 0.157. The predicted octanol–water partition coefficient (Wildman–Crippen LogP) is 6.71. The Morgan fingerprint density at radius 2 is 1.90 bits per heavy atom. The van der Waals surface area contributed by atoms with Crippen molar-refractivity contribution in [2.75, 3.05) is 0 Å². The lowest BCUT2D eigenvalue weighted by molar-refractivity contribution is -0.120. The number of halogens is 3. The SMILES string of the molecule is CCCCCC(=O)NC(=O)c1nn(-c2ccc(Cl)cc2Cl)c(-c2ccc(Cl)s2)c1C. The van der Waals surface area contributed by atoms with Gasteiger partial charge in [-0.05, 0) is 43.7 Å². The van der Waals surface area contributed by atoms with Crippen molar-refractivity contribution in [3.63, 3.8) is 0 Å². The average Bonchev–Trinajstić information content (AvgIpc) is 3.25. The molecule has 0 spiro atoms. The number of hydrogen-bond donors (Lipinski definition) is 1.